The van der Waals surface area contributed by atoms with Gasteiger partial charge >= 0.3 is 0 Å². The van der Waals surface area contributed by atoms with Crippen LogP contribution in [0.5, 0.6) is 5.75 Å². The zero-order chi connectivity index (χ0) is 18.6. The lowest BCUT2D eigenvalue weighted by Crippen LogP contribution is -2.39. The molecule has 0 spiro atoms. The Morgan fingerprint density at radius 2 is 2.22 bits per heavy atom. The maximum absolute atomic E-state index is 9.68. The van der Waals surface area contributed by atoms with Gasteiger partial charge < -0.3 is 9.52 Å². The van der Waals surface area contributed by atoms with Crippen LogP contribution in [0.1, 0.15) is 42.7 Å². The van der Waals surface area contributed by atoms with E-state index in [1.807, 2.05) is 19.1 Å². The number of aromatic nitrogens is 1. The SMILES string of the molecule is Cc1oc(-c2ccsc2)nc1CN1CCCC[C@H]1CCc1cccc(O)c1. The molecule has 1 atom stereocenters. The molecule has 27 heavy (non-hydrogen) atoms. The number of benzene rings is 1. The van der Waals surface area contributed by atoms with Crippen LogP contribution in [0, 0.1) is 6.92 Å². The van der Waals surface area contributed by atoms with Gasteiger partial charge in [-0.2, -0.15) is 11.3 Å². The van der Waals surface area contributed by atoms with Gasteiger partial charge in [0.1, 0.15) is 11.5 Å². The Labute approximate surface area is 164 Å². The second kappa shape index (κ2) is 8.28. The van der Waals surface area contributed by atoms with E-state index in [1.54, 1.807) is 17.4 Å². The number of aryl methyl sites for hydroxylation is 2. The van der Waals surface area contributed by atoms with E-state index in [1.165, 1.54) is 24.8 Å². The Balaban J connectivity index is 1.43. The number of phenolic OH excluding ortho intramolecular Hbond substituents is 1. The molecular formula is C22H26N2O2S. The topological polar surface area (TPSA) is 49.5 Å². The van der Waals surface area contributed by atoms with Crippen LogP contribution in [0.2, 0.25) is 0 Å². The van der Waals surface area contributed by atoms with Crippen LogP contribution >= 0.6 is 11.3 Å². The van der Waals surface area contributed by atoms with E-state index in [-0.39, 0.29) is 0 Å². The second-order valence-electron chi connectivity index (χ2n) is 7.36. The molecule has 1 aliphatic heterocycles. The third-order valence-electron chi connectivity index (χ3n) is 5.44. The molecule has 1 saturated heterocycles. The Hall–Kier alpha value is -2.11. The van der Waals surface area contributed by atoms with Gasteiger partial charge in [0.25, 0.3) is 0 Å². The van der Waals surface area contributed by atoms with Gasteiger partial charge in [0.15, 0.2) is 0 Å². The second-order valence-corrected chi connectivity index (χ2v) is 8.14. The van der Waals surface area contributed by atoms with E-state index < -0.39 is 0 Å². The summed E-state index contributed by atoms with van der Waals surface area (Å²) in [6.07, 6.45) is 5.87. The molecule has 0 amide bonds. The molecule has 0 bridgehead atoms. The van der Waals surface area contributed by atoms with Gasteiger partial charge in [0, 0.05) is 23.5 Å². The van der Waals surface area contributed by atoms with E-state index in [0.29, 0.717) is 11.8 Å². The van der Waals surface area contributed by atoms with E-state index in [0.717, 1.165) is 48.8 Å². The maximum Gasteiger partial charge on any atom is 0.227 e. The summed E-state index contributed by atoms with van der Waals surface area (Å²) in [5.74, 6) is 2.01. The molecule has 5 heteroatoms. The summed E-state index contributed by atoms with van der Waals surface area (Å²) in [5, 5.41) is 13.8. The van der Waals surface area contributed by atoms with Crippen molar-refractivity contribution in [3.05, 3.63) is 58.1 Å². The summed E-state index contributed by atoms with van der Waals surface area (Å²) in [5.41, 5.74) is 3.33. The molecule has 3 heterocycles. The van der Waals surface area contributed by atoms with E-state index in [9.17, 15) is 5.11 Å². The molecule has 2 aromatic heterocycles. The first-order valence-corrected chi connectivity index (χ1v) is 10.6. The summed E-state index contributed by atoms with van der Waals surface area (Å²) in [4.78, 5) is 7.34. The zero-order valence-electron chi connectivity index (χ0n) is 15.7. The average Bonchev–Trinajstić information content (AvgIpc) is 3.31. The number of hydrogen-bond donors (Lipinski definition) is 1. The predicted molar refractivity (Wildman–Crippen MR) is 109 cm³/mol. The lowest BCUT2D eigenvalue weighted by atomic mass is 9.95. The molecular weight excluding hydrogens is 356 g/mol. The summed E-state index contributed by atoms with van der Waals surface area (Å²) < 4.78 is 5.92. The molecule has 0 radical (unpaired) electrons. The van der Waals surface area contributed by atoms with Crippen molar-refractivity contribution in [2.24, 2.45) is 0 Å². The number of phenols is 1. The quantitative estimate of drug-likeness (QED) is 0.620. The first-order chi connectivity index (χ1) is 13.2. The standard InChI is InChI=1S/C22H26N2O2S/c1-16-21(23-22(26-16)18-10-12-27-15-18)14-24-11-3-2-6-19(24)9-8-17-5-4-7-20(25)13-17/h4-5,7,10,12-13,15,19,25H,2-3,6,8-9,11,14H2,1H3/t19-/m0/s1. The number of nitrogens with zero attached hydrogens (tertiary/aromatic N) is 2. The summed E-state index contributed by atoms with van der Waals surface area (Å²) in [6.45, 7) is 3.98. The average molecular weight is 383 g/mol. The smallest absolute Gasteiger partial charge is 0.227 e. The molecule has 1 aliphatic rings. The van der Waals surface area contributed by atoms with Crippen molar-refractivity contribution < 1.29 is 9.52 Å². The van der Waals surface area contributed by atoms with Crippen LogP contribution in [0.15, 0.2) is 45.5 Å². The largest absolute Gasteiger partial charge is 0.508 e. The lowest BCUT2D eigenvalue weighted by molar-refractivity contribution is 0.130. The van der Waals surface area contributed by atoms with Gasteiger partial charge in [-0.1, -0.05) is 18.6 Å². The Kier molecular flexibility index (Phi) is 5.60. The summed E-state index contributed by atoms with van der Waals surface area (Å²) in [7, 11) is 0. The monoisotopic (exact) mass is 382 g/mol. The minimum atomic E-state index is 0.354. The number of rotatable bonds is 6. The highest BCUT2D eigenvalue weighted by Crippen LogP contribution is 2.28. The first-order valence-electron chi connectivity index (χ1n) is 9.70. The first kappa shape index (κ1) is 18.3. The molecule has 0 unspecified atom stereocenters. The lowest BCUT2D eigenvalue weighted by Gasteiger charge is -2.35. The molecule has 4 rings (SSSR count). The normalized spacial score (nSPS) is 18.0. The van der Waals surface area contributed by atoms with Crippen molar-refractivity contribution in [1.29, 1.82) is 0 Å². The molecule has 1 aromatic carbocycles. The van der Waals surface area contributed by atoms with Crippen LogP contribution < -0.4 is 0 Å². The van der Waals surface area contributed by atoms with E-state index in [4.69, 9.17) is 9.40 Å². The minimum Gasteiger partial charge on any atom is -0.508 e. The third kappa shape index (κ3) is 4.42. The minimum absolute atomic E-state index is 0.354. The fraction of sp³-hybridized carbons (Fsp3) is 0.409. The molecule has 3 aromatic rings. The molecule has 0 saturated carbocycles. The molecule has 4 nitrogen and oxygen atoms in total. The van der Waals surface area contributed by atoms with Crippen molar-refractivity contribution in [2.45, 2.75) is 51.6 Å². The van der Waals surface area contributed by atoms with Crippen LogP contribution in [-0.2, 0) is 13.0 Å². The van der Waals surface area contributed by atoms with Crippen LogP contribution in [0.3, 0.4) is 0 Å². The van der Waals surface area contributed by atoms with E-state index in [2.05, 4.69) is 27.8 Å². The van der Waals surface area contributed by atoms with Gasteiger partial charge in [0.05, 0.1) is 5.69 Å². The predicted octanol–water partition coefficient (Wildman–Crippen LogP) is 5.40. The zero-order valence-corrected chi connectivity index (χ0v) is 16.5. The van der Waals surface area contributed by atoms with Gasteiger partial charge in [-0.05, 0) is 68.3 Å². The number of likely N-dealkylation sites (tertiary alicyclic amines) is 1. The van der Waals surface area contributed by atoms with Crippen molar-refractivity contribution in [2.75, 3.05) is 6.54 Å². The highest BCUT2D eigenvalue weighted by Gasteiger charge is 2.24. The number of thiophene rings is 1. The molecule has 1 N–H and O–H groups in total. The van der Waals surface area contributed by atoms with Crippen LogP contribution in [0.25, 0.3) is 11.5 Å². The summed E-state index contributed by atoms with van der Waals surface area (Å²) in [6, 6.07) is 10.2. The van der Waals surface area contributed by atoms with Crippen molar-refractivity contribution in [1.82, 2.24) is 9.88 Å². The molecule has 1 fully saturated rings. The summed E-state index contributed by atoms with van der Waals surface area (Å²) >= 11 is 1.66. The molecule has 0 aliphatic carbocycles. The van der Waals surface area contributed by atoms with Gasteiger partial charge in [-0.25, -0.2) is 4.98 Å². The van der Waals surface area contributed by atoms with Crippen molar-refractivity contribution >= 4 is 11.3 Å². The Morgan fingerprint density at radius 1 is 1.30 bits per heavy atom. The maximum atomic E-state index is 9.68. The Bertz CT molecular complexity index is 872. The molecule has 142 valence electrons. The fourth-order valence-corrected chi connectivity index (χ4v) is 4.55. The van der Waals surface area contributed by atoms with Gasteiger partial charge in [-0.3, -0.25) is 4.90 Å². The highest BCUT2D eigenvalue weighted by molar-refractivity contribution is 7.08. The van der Waals surface area contributed by atoms with Crippen molar-refractivity contribution in [3.8, 4) is 17.2 Å². The van der Waals surface area contributed by atoms with Crippen molar-refractivity contribution in [3.63, 3.8) is 0 Å². The highest BCUT2D eigenvalue weighted by atomic mass is 32.1. The van der Waals surface area contributed by atoms with Gasteiger partial charge in [0.2, 0.25) is 5.89 Å². The Morgan fingerprint density at radius 3 is 3.04 bits per heavy atom. The third-order valence-corrected chi connectivity index (χ3v) is 6.12. The van der Waals surface area contributed by atoms with Crippen LogP contribution in [0.4, 0.5) is 0 Å². The number of piperidine rings is 1. The number of hydrogen-bond acceptors (Lipinski definition) is 5. The van der Waals surface area contributed by atoms with E-state index >= 15 is 0 Å². The van der Waals surface area contributed by atoms with Crippen LogP contribution in [-0.4, -0.2) is 27.6 Å². The fourth-order valence-electron chi connectivity index (χ4n) is 3.92. The van der Waals surface area contributed by atoms with Gasteiger partial charge in [-0.15, -0.1) is 0 Å². The number of aromatic hydroxyl groups is 1. The number of oxazole rings is 1.